The minimum absolute atomic E-state index is 0.273. The van der Waals surface area contributed by atoms with Gasteiger partial charge in [-0.3, -0.25) is 0 Å². The predicted octanol–water partition coefficient (Wildman–Crippen LogP) is 2.68. The molecule has 1 aromatic rings. The van der Waals surface area contributed by atoms with E-state index in [4.69, 9.17) is 5.73 Å². The summed E-state index contributed by atoms with van der Waals surface area (Å²) >= 11 is 0. The minimum atomic E-state index is -0.316. The molecular weight excluding hydrogens is 158 g/mol. The summed E-state index contributed by atoms with van der Waals surface area (Å²) in [6.45, 7) is 7.89. The van der Waals surface area contributed by atoms with Crippen molar-refractivity contribution >= 4 is 0 Å². The second-order valence-electron chi connectivity index (χ2n) is 3.67. The number of nitrogens with two attached hydrogens (primary N) is 1. The molecule has 0 saturated heterocycles. The molecule has 0 bridgehead atoms. The molecule has 0 aliphatic rings. The quantitative estimate of drug-likeness (QED) is 0.702. The lowest BCUT2D eigenvalue weighted by molar-refractivity contribution is 0.386. The van der Waals surface area contributed by atoms with Crippen molar-refractivity contribution in [3.8, 4) is 0 Å². The van der Waals surface area contributed by atoms with E-state index >= 15 is 0 Å². The molecule has 2 N–H and O–H groups in total. The van der Waals surface area contributed by atoms with Crippen molar-refractivity contribution in [1.29, 1.82) is 0 Å². The largest absolute Gasteiger partial charge is 0.321 e. The lowest BCUT2D eigenvalue weighted by atomic mass is 9.82. The molecule has 0 aliphatic carbocycles. The first-order valence-electron chi connectivity index (χ1n) is 4.56. The Morgan fingerprint density at radius 3 is 2.38 bits per heavy atom. The molecule has 0 fully saturated rings. The zero-order valence-electron chi connectivity index (χ0n) is 8.33. The van der Waals surface area contributed by atoms with Gasteiger partial charge in [-0.2, -0.15) is 0 Å². The lowest BCUT2D eigenvalue weighted by Gasteiger charge is -2.30. The van der Waals surface area contributed by atoms with Crippen molar-refractivity contribution in [2.75, 3.05) is 0 Å². The Balaban J connectivity index is 3.00. The van der Waals surface area contributed by atoms with Crippen LogP contribution in [0.3, 0.4) is 0 Å². The molecule has 1 unspecified atom stereocenters. The van der Waals surface area contributed by atoms with Gasteiger partial charge in [-0.25, -0.2) is 0 Å². The Morgan fingerprint density at radius 1 is 1.38 bits per heavy atom. The molecule has 0 radical (unpaired) electrons. The summed E-state index contributed by atoms with van der Waals surface area (Å²) in [6, 6.07) is 10.1. The predicted molar refractivity (Wildman–Crippen MR) is 57.3 cm³/mol. The molecule has 0 amide bonds. The monoisotopic (exact) mass is 175 g/mol. The van der Waals surface area contributed by atoms with Gasteiger partial charge >= 0.3 is 0 Å². The molecule has 0 aliphatic heterocycles. The van der Waals surface area contributed by atoms with Gasteiger partial charge in [0, 0.05) is 5.54 Å². The van der Waals surface area contributed by atoms with Gasteiger partial charge in [0.25, 0.3) is 0 Å². The molecular formula is C12H17N. The first kappa shape index (κ1) is 10.0. The Labute approximate surface area is 80.3 Å². The summed E-state index contributed by atoms with van der Waals surface area (Å²) in [5.74, 6) is 0.273. The highest BCUT2D eigenvalue weighted by molar-refractivity contribution is 5.24. The van der Waals surface area contributed by atoms with Gasteiger partial charge in [0.1, 0.15) is 0 Å². The summed E-state index contributed by atoms with van der Waals surface area (Å²) in [7, 11) is 0. The fourth-order valence-corrected chi connectivity index (χ4v) is 1.30. The van der Waals surface area contributed by atoms with Crippen molar-refractivity contribution < 1.29 is 0 Å². The van der Waals surface area contributed by atoms with Crippen molar-refractivity contribution in [2.45, 2.75) is 19.4 Å². The number of benzene rings is 1. The molecule has 1 heteroatoms. The second-order valence-corrected chi connectivity index (χ2v) is 3.67. The van der Waals surface area contributed by atoms with Crippen molar-refractivity contribution in [1.82, 2.24) is 0 Å². The third kappa shape index (κ3) is 1.99. The van der Waals surface area contributed by atoms with Gasteiger partial charge in [-0.05, 0) is 18.4 Å². The molecule has 1 rings (SSSR count). The van der Waals surface area contributed by atoms with Crippen LogP contribution < -0.4 is 5.73 Å². The average Bonchev–Trinajstić information content (AvgIpc) is 2.18. The molecule has 1 aromatic carbocycles. The van der Waals surface area contributed by atoms with E-state index in [2.05, 4.69) is 25.6 Å². The SMILES string of the molecule is C=C[C@H](C)C(C)(N)c1ccccc1. The fraction of sp³-hybridized carbons (Fsp3) is 0.333. The van der Waals surface area contributed by atoms with Gasteiger partial charge in [0.15, 0.2) is 0 Å². The van der Waals surface area contributed by atoms with Crippen LogP contribution in [0.2, 0.25) is 0 Å². The van der Waals surface area contributed by atoms with Crippen LogP contribution in [0.25, 0.3) is 0 Å². The Bertz CT molecular complexity index is 274. The van der Waals surface area contributed by atoms with Crippen LogP contribution in [0.1, 0.15) is 19.4 Å². The van der Waals surface area contributed by atoms with Crippen LogP contribution in [0, 0.1) is 5.92 Å². The van der Waals surface area contributed by atoms with Gasteiger partial charge in [-0.1, -0.05) is 43.3 Å². The van der Waals surface area contributed by atoms with E-state index in [1.54, 1.807) is 0 Å². The third-order valence-corrected chi connectivity index (χ3v) is 2.70. The molecule has 2 atom stereocenters. The lowest BCUT2D eigenvalue weighted by Crippen LogP contribution is -2.38. The van der Waals surface area contributed by atoms with Crippen LogP contribution in [0.15, 0.2) is 43.0 Å². The highest BCUT2D eigenvalue weighted by Crippen LogP contribution is 2.26. The molecule has 1 nitrogen and oxygen atoms in total. The van der Waals surface area contributed by atoms with E-state index in [0.717, 1.165) is 5.56 Å². The molecule has 13 heavy (non-hydrogen) atoms. The van der Waals surface area contributed by atoms with E-state index in [-0.39, 0.29) is 11.5 Å². The standard InChI is InChI=1S/C12H17N/c1-4-10(2)12(3,13)11-8-6-5-7-9-11/h4-10H,1,13H2,2-3H3/t10-,12?/m0/s1. The van der Waals surface area contributed by atoms with E-state index in [1.165, 1.54) is 0 Å². The Morgan fingerprint density at radius 2 is 1.92 bits per heavy atom. The van der Waals surface area contributed by atoms with Gasteiger partial charge < -0.3 is 5.73 Å². The fourth-order valence-electron chi connectivity index (χ4n) is 1.30. The van der Waals surface area contributed by atoms with Gasteiger partial charge in [0.05, 0.1) is 0 Å². The number of rotatable bonds is 3. The van der Waals surface area contributed by atoms with Crippen LogP contribution >= 0.6 is 0 Å². The zero-order chi connectivity index (χ0) is 9.90. The number of hydrogen-bond acceptors (Lipinski definition) is 1. The van der Waals surface area contributed by atoms with E-state index < -0.39 is 0 Å². The first-order valence-corrected chi connectivity index (χ1v) is 4.56. The normalized spacial score (nSPS) is 17.5. The summed E-state index contributed by atoms with van der Waals surface area (Å²) in [4.78, 5) is 0. The topological polar surface area (TPSA) is 26.0 Å². The summed E-state index contributed by atoms with van der Waals surface area (Å²) in [5.41, 5.74) is 7.06. The third-order valence-electron chi connectivity index (χ3n) is 2.70. The maximum Gasteiger partial charge on any atom is 0.0441 e. The van der Waals surface area contributed by atoms with Crippen molar-refractivity contribution in [2.24, 2.45) is 11.7 Å². The summed E-state index contributed by atoms with van der Waals surface area (Å²) in [5, 5.41) is 0. The van der Waals surface area contributed by atoms with Crippen LogP contribution in [-0.4, -0.2) is 0 Å². The molecule has 0 aromatic heterocycles. The maximum absolute atomic E-state index is 6.22. The first-order chi connectivity index (χ1) is 6.09. The minimum Gasteiger partial charge on any atom is -0.321 e. The second kappa shape index (κ2) is 3.75. The molecule has 0 spiro atoms. The van der Waals surface area contributed by atoms with Crippen LogP contribution in [-0.2, 0) is 5.54 Å². The molecule has 0 heterocycles. The smallest absolute Gasteiger partial charge is 0.0441 e. The Hall–Kier alpha value is -1.08. The molecule has 70 valence electrons. The number of hydrogen-bond donors (Lipinski definition) is 1. The van der Waals surface area contributed by atoms with Gasteiger partial charge in [0.2, 0.25) is 0 Å². The molecule has 0 saturated carbocycles. The average molecular weight is 175 g/mol. The van der Waals surface area contributed by atoms with Gasteiger partial charge in [-0.15, -0.1) is 6.58 Å². The maximum atomic E-state index is 6.22. The highest BCUT2D eigenvalue weighted by atomic mass is 14.7. The summed E-state index contributed by atoms with van der Waals surface area (Å²) in [6.07, 6.45) is 1.90. The summed E-state index contributed by atoms with van der Waals surface area (Å²) < 4.78 is 0. The highest BCUT2D eigenvalue weighted by Gasteiger charge is 2.25. The van der Waals surface area contributed by atoms with Crippen molar-refractivity contribution in [3.63, 3.8) is 0 Å². The van der Waals surface area contributed by atoms with Crippen LogP contribution in [0.4, 0.5) is 0 Å². The Kier molecular flexibility index (Phi) is 2.89. The van der Waals surface area contributed by atoms with Crippen LogP contribution in [0.5, 0.6) is 0 Å². The van der Waals surface area contributed by atoms with Crippen molar-refractivity contribution in [3.05, 3.63) is 48.6 Å². The van der Waals surface area contributed by atoms with E-state index in [0.29, 0.717) is 0 Å². The van der Waals surface area contributed by atoms with E-state index in [9.17, 15) is 0 Å². The van der Waals surface area contributed by atoms with E-state index in [1.807, 2.05) is 31.2 Å². The zero-order valence-corrected chi connectivity index (χ0v) is 8.33.